The van der Waals surface area contributed by atoms with E-state index in [0.717, 1.165) is 35.1 Å². The van der Waals surface area contributed by atoms with Gasteiger partial charge in [-0.2, -0.15) is 0 Å². The van der Waals surface area contributed by atoms with Crippen LogP contribution in [-0.2, 0) is 11.3 Å². The number of rotatable bonds is 3. The summed E-state index contributed by atoms with van der Waals surface area (Å²) in [6.45, 7) is 3.43. The lowest BCUT2D eigenvalue weighted by Gasteiger charge is -2.42. The Kier molecular flexibility index (Phi) is 5.23. The van der Waals surface area contributed by atoms with Crippen molar-refractivity contribution in [1.82, 2.24) is 14.7 Å². The van der Waals surface area contributed by atoms with Crippen LogP contribution < -0.4 is 0 Å². The highest BCUT2D eigenvalue weighted by molar-refractivity contribution is 5.95. The fourth-order valence-electron chi connectivity index (χ4n) is 4.36. The molecule has 0 aliphatic carbocycles. The quantitative estimate of drug-likeness (QED) is 0.617. The zero-order chi connectivity index (χ0) is 21.2. The number of carbonyl (C=O) groups excluding carboxylic acids is 1. The van der Waals surface area contributed by atoms with Crippen LogP contribution in [-0.4, -0.2) is 54.0 Å². The van der Waals surface area contributed by atoms with Crippen LogP contribution in [0.2, 0.25) is 0 Å². The number of benzene rings is 2. The number of furan rings is 1. The van der Waals surface area contributed by atoms with Crippen LogP contribution in [0.5, 0.6) is 0 Å². The molecule has 0 fully saturated rings. The number of carbonyl (C=O) groups is 1. The molecule has 2 aliphatic rings. The summed E-state index contributed by atoms with van der Waals surface area (Å²) < 4.78 is 5.78. The van der Waals surface area contributed by atoms with Crippen LogP contribution >= 0.6 is 0 Å². The van der Waals surface area contributed by atoms with E-state index in [1.165, 1.54) is 5.70 Å². The van der Waals surface area contributed by atoms with Crippen LogP contribution in [0.4, 0.5) is 0 Å². The fourth-order valence-corrected chi connectivity index (χ4v) is 4.36. The molecule has 5 nitrogen and oxygen atoms in total. The standard InChI is InChI=1S/C26H25N3O2/c1-27-19-29(17-20-8-3-2-4-9-20)26(30)23-18-28(15-13-24(23)27)14-7-11-22-16-21-10-5-6-12-25(21)31-22/h2-6,8-10,12,16H,13-15,17-19H2,1H3. The molecule has 1 aromatic heterocycles. The van der Waals surface area contributed by atoms with Gasteiger partial charge >= 0.3 is 0 Å². The van der Waals surface area contributed by atoms with Gasteiger partial charge in [-0.05, 0) is 17.6 Å². The molecule has 0 bridgehead atoms. The average molecular weight is 412 g/mol. The molecule has 2 aromatic carbocycles. The van der Waals surface area contributed by atoms with E-state index in [4.69, 9.17) is 4.42 Å². The first-order chi connectivity index (χ1) is 15.2. The van der Waals surface area contributed by atoms with Gasteiger partial charge in [-0.15, -0.1) is 0 Å². The van der Waals surface area contributed by atoms with Gasteiger partial charge in [0.25, 0.3) is 5.91 Å². The molecule has 2 aliphatic heterocycles. The van der Waals surface area contributed by atoms with Gasteiger partial charge in [-0.3, -0.25) is 9.69 Å². The predicted octanol–water partition coefficient (Wildman–Crippen LogP) is 3.68. The SMILES string of the molecule is CN1CN(Cc2ccccc2)C(=O)C2=C1CCN(CC#Cc1cc3ccccc3o1)C2. The van der Waals surface area contributed by atoms with Gasteiger partial charge in [-0.25, -0.2) is 0 Å². The summed E-state index contributed by atoms with van der Waals surface area (Å²) in [6.07, 6.45) is 0.878. The Labute approximate surface area is 182 Å². The molecule has 0 atom stereocenters. The van der Waals surface area contributed by atoms with E-state index in [0.29, 0.717) is 32.1 Å². The molecule has 5 rings (SSSR count). The van der Waals surface area contributed by atoms with Crippen molar-refractivity contribution in [2.45, 2.75) is 13.0 Å². The van der Waals surface area contributed by atoms with Crippen LogP contribution in [0.15, 0.2) is 76.4 Å². The van der Waals surface area contributed by atoms with E-state index in [1.54, 1.807) is 0 Å². The molecule has 0 saturated carbocycles. The molecule has 5 heteroatoms. The molecule has 0 unspecified atom stereocenters. The van der Waals surface area contributed by atoms with E-state index in [1.807, 2.05) is 53.4 Å². The number of fused-ring (bicyclic) bond motifs is 1. The minimum Gasteiger partial charge on any atom is -0.448 e. The first kappa shape index (κ1) is 19.5. The van der Waals surface area contributed by atoms with Gasteiger partial charge in [0.2, 0.25) is 0 Å². The molecule has 156 valence electrons. The van der Waals surface area contributed by atoms with Gasteiger partial charge in [-0.1, -0.05) is 54.5 Å². The van der Waals surface area contributed by atoms with Crippen molar-refractivity contribution in [2.75, 3.05) is 33.4 Å². The fraction of sp³-hybridized carbons (Fsp3) is 0.269. The second kappa shape index (κ2) is 8.33. The number of para-hydroxylation sites is 1. The van der Waals surface area contributed by atoms with Crippen molar-refractivity contribution in [1.29, 1.82) is 0 Å². The Bertz CT molecular complexity index is 1170. The highest BCUT2D eigenvalue weighted by Crippen LogP contribution is 2.27. The molecule has 31 heavy (non-hydrogen) atoms. The molecule has 3 aromatic rings. The molecular weight excluding hydrogens is 386 g/mol. The Morgan fingerprint density at radius 1 is 1.06 bits per heavy atom. The van der Waals surface area contributed by atoms with Crippen LogP contribution in [0.25, 0.3) is 11.0 Å². The lowest BCUT2D eigenvalue weighted by Crippen LogP contribution is -2.50. The second-order valence-corrected chi connectivity index (χ2v) is 8.16. The highest BCUT2D eigenvalue weighted by Gasteiger charge is 2.33. The summed E-state index contributed by atoms with van der Waals surface area (Å²) in [6, 6.07) is 20.1. The van der Waals surface area contributed by atoms with Gasteiger partial charge in [0.15, 0.2) is 5.76 Å². The average Bonchev–Trinajstić information content (AvgIpc) is 3.21. The molecule has 3 heterocycles. The number of nitrogens with zero attached hydrogens (tertiary/aromatic N) is 3. The topological polar surface area (TPSA) is 39.9 Å². The third kappa shape index (κ3) is 4.08. The highest BCUT2D eigenvalue weighted by atomic mass is 16.3. The monoisotopic (exact) mass is 411 g/mol. The van der Waals surface area contributed by atoms with Crippen molar-refractivity contribution in [3.05, 3.63) is 83.3 Å². The summed E-state index contributed by atoms with van der Waals surface area (Å²) in [5, 5.41) is 1.06. The summed E-state index contributed by atoms with van der Waals surface area (Å²) in [4.78, 5) is 19.6. The lowest BCUT2D eigenvalue weighted by molar-refractivity contribution is -0.131. The molecule has 0 radical (unpaired) electrons. The minimum absolute atomic E-state index is 0.145. The van der Waals surface area contributed by atoms with E-state index < -0.39 is 0 Å². The second-order valence-electron chi connectivity index (χ2n) is 8.16. The Morgan fingerprint density at radius 3 is 2.71 bits per heavy atom. The maximum atomic E-state index is 13.2. The maximum Gasteiger partial charge on any atom is 0.254 e. The van der Waals surface area contributed by atoms with Crippen molar-refractivity contribution in [3.8, 4) is 11.8 Å². The van der Waals surface area contributed by atoms with Gasteiger partial charge in [0.1, 0.15) is 5.58 Å². The predicted molar refractivity (Wildman–Crippen MR) is 121 cm³/mol. The van der Waals surface area contributed by atoms with Gasteiger partial charge in [0.05, 0.1) is 18.8 Å². The van der Waals surface area contributed by atoms with Crippen molar-refractivity contribution in [2.24, 2.45) is 0 Å². The molecule has 1 amide bonds. The first-order valence-electron chi connectivity index (χ1n) is 10.6. The van der Waals surface area contributed by atoms with Crippen molar-refractivity contribution < 1.29 is 9.21 Å². The third-order valence-corrected chi connectivity index (χ3v) is 5.94. The van der Waals surface area contributed by atoms with E-state index in [-0.39, 0.29) is 5.91 Å². The van der Waals surface area contributed by atoms with E-state index >= 15 is 0 Å². The Morgan fingerprint density at radius 2 is 1.87 bits per heavy atom. The summed E-state index contributed by atoms with van der Waals surface area (Å²) >= 11 is 0. The minimum atomic E-state index is 0.145. The number of hydrogen-bond acceptors (Lipinski definition) is 4. The van der Waals surface area contributed by atoms with Crippen LogP contribution in [0, 0.1) is 11.8 Å². The molecule has 0 saturated heterocycles. The summed E-state index contributed by atoms with van der Waals surface area (Å²) in [5.74, 6) is 7.19. The zero-order valence-corrected chi connectivity index (χ0v) is 17.7. The maximum absolute atomic E-state index is 13.2. The van der Waals surface area contributed by atoms with Gasteiger partial charge in [0, 0.05) is 50.3 Å². The van der Waals surface area contributed by atoms with Gasteiger partial charge < -0.3 is 14.2 Å². The number of amides is 1. The van der Waals surface area contributed by atoms with Crippen LogP contribution in [0.3, 0.4) is 0 Å². The summed E-state index contributed by atoms with van der Waals surface area (Å²) in [5.41, 5.74) is 4.09. The largest absolute Gasteiger partial charge is 0.448 e. The first-order valence-corrected chi connectivity index (χ1v) is 10.6. The van der Waals surface area contributed by atoms with Crippen molar-refractivity contribution >= 4 is 16.9 Å². The summed E-state index contributed by atoms with van der Waals surface area (Å²) in [7, 11) is 2.08. The zero-order valence-electron chi connectivity index (χ0n) is 17.7. The van der Waals surface area contributed by atoms with E-state index in [9.17, 15) is 4.79 Å². The van der Waals surface area contributed by atoms with Crippen LogP contribution in [0.1, 0.15) is 17.7 Å². The Hall–Kier alpha value is -3.49. The van der Waals surface area contributed by atoms with E-state index in [2.05, 4.69) is 40.8 Å². The Balaban J connectivity index is 1.27. The molecular formula is C26H25N3O2. The molecule has 0 N–H and O–H groups in total. The van der Waals surface area contributed by atoms with Crippen molar-refractivity contribution in [3.63, 3.8) is 0 Å². The number of hydrogen-bond donors (Lipinski definition) is 0. The smallest absolute Gasteiger partial charge is 0.254 e. The lowest BCUT2D eigenvalue weighted by atomic mass is 10.0. The molecule has 0 spiro atoms. The normalized spacial score (nSPS) is 17.0. The third-order valence-electron chi connectivity index (χ3n) is 5.94.